The number of nitrogens with zero attached hydrogens (tertiary/aromatic N) is 2. The highest BCUT2D eigenvalue weighted by Crippen LogP contribution is 2.19. The van der Waals surface area contributed by atoms with Gasteiger partial charge >= 0.3 is 0 Å². The van der Waals surface area contributed by atoms with Gasteiger partial charge < -0.3 is 5.32 Å². The summed E-state index contributed by atoms with van der Waals surface area (Å²) in [4.78, 5) is 4.17. The number of hydrogen-bond acceptors (Lipinski definition) is 4. The van der Waals surface area contributed by atoms with Crippen molar-refractivity contribution in [2.45, 2.75) is 25.8 Å². The summed E-state index contributed by atoms with van der Waals surface area (Å²) in [5, 5.41) is 3.25. The van der Waals surface area contributed by atoms with E-state index in [1.54, 1.807) is 10.5 Å². The van der Waals surface area contributed by atoms with E-state index in [0.717, 1.165) is 12.1 Å². The molecule has 2 rings (SSSR count). The fraction of sp³-hybridized carbons (Fsp3) is 0.643. The lowest BCUT2D eigenvalue weighted by atomic mass is 9.96. The molecule has 0 aromatic carbocycles. The molecule has 1 saturated heterocycles. The lowest BCUT2D eigenvalue weighted by molar-refractivity contribution is 0.228. The summed E-state index contributed by atoms with van der Waals surface area (Å²) >= 11 is 0. The van der Waals surface area contributed by atoms with Crippen molar-refractivity contribution < 1.29 is 8.42 Å². The van der Waals surface area contributed by atoms with E-state index >= 15 is 0 Å². The van der Waals surface area contributed by atoms with E-state index in [9.17, 15) is 8.42 Å². The molecule has 0 bridgehead atoms. The molecule has 1 aliphatic rings. The molecule has 0 aliphatic carbocycles. The van der Waals surface area contributed by atoms with Gasteiger partial charge in [-0.1, -0.05) is 13.0 Å². The van der Waals surface area contributed by atoms with Gasteiger partial charge in [-0.15, -0.1) is 0 Å². The Hall–Kier alpha value is -0.980. The van der Waals surface area contributed by atoms with Crippen LogP contribution in [0.4, 0.5) is 0 Å². The van der Waals surface area contributed by atoms with Gasteiger partial charge in [-0.3, -0.25) is 4.98 Å². The molecule has 6 heteroatoms. The summed E-state index contributed by atoms with van der Waals surface area (Å²) in [7, 11) is -1.24. The van der Waals surface area contributed by atoms with Crippen LogP contribution in [0.25, 0.3) is 0 Å². The highest BCUT2D eigenvalue weighted by molar-refractivity contribution is 7.89. The first kappa shape index (κ1) is 15.4. The molecule has 1 N–H and O–H groups in total. The summed E-state index contributed by atoms with van der Waals surface area (Å²) in [6.45, 7) is 3.32. The zero-order chi connectivity index (χ0) is 14.6. The molecule has 112 valence electrons. The van der Waals surface area contributed by atoms with Crippen LogP contribution >= 0.6 is 0 Å². The molecule has 2 atom stereocenters. The summed E-state index contributed by atoms with van der Waals surface area (Å²) in [5.41, 5.74) is 0.828. The third-order valence-corrected chi connectivity index (χ3v) is 5.81. The molecule has 0 radical (unpaired) electrons. The van der Waals surface area contributed by atoms with E-state index in [-0.39, 0.29) is 5.75 Å². The summed E-state index contributed by atoms with van der Waals surface area (Å²) in [5.74, 6) is 0.486. The van der Waals surface area contributed by atoms with Gasteiger partial charge in [0.05, 0.1) is 5.75 Å². The Morgan fingerprint density at radius 3 is 2.85 bits per heavy atom. The van der Waals surface area contributed by atoms with Crippen LogP contribution in [-0.4, -0.2) is 49.6 Å². The van der Waals surface area contributed by atoms with Gasteiger partial charge in [-0.2, -0.15) is 0 Å². The van der Waals surface area contributed by atoms with Gasteiger partial charge in [0.25, 0.3) is 0 Å². The Kier molecular flexibility index (Phi) is 5.12. The van der Waals surface area contributed by atoms with Gasteiger partial charge in [-0.05, 0) is 31.5 Å². The third kappa shape index (κ3) is 3.77. The zero-order valence-electron chi connectivity index (χ0n) is 12.1. The van der Waals surface area contributed by atoms with Crippen LogP contribution < -0.4 is 5.32 Å². The number of nitrogens with one attached hydrogen (secondary N) is 1. The molecule has 2 heterocycles. The topological polar surface area (TPSA) is 62.3 Å². The van der Waals surface area contributed by atoms with Crippen molar-refractivity contribution in [3.05, 3.63) is 30.1 Å². The van der Waals surface area contributed by atoms with Gasteiger partial charge in [0, 0.05) is 37.4 Å². The van der Waals surface area contributed by atoms with E-state index in [0.29, 0.717) is 31.5 Å². The Bertz CT molecular complexity index is 518. The quantitative estimate of drug-likeness (QED) is 0.876. The summed E-state index contributed by atoms with van der Waals surface area (Å²) in [6, 6.07) is 6.00. The van der Waals surface area contributed by atoms with Crippen molar-refractivity contribution in [3.8, 4) is 0 Å². The molecule has 20 heavy (non-hydrogen) atoms. The maximum atomic E-state index is 12.4. The van der Waals surface area contributed by atoms with E-state index < -0.39 is 10.0 Å². The maximum Gasteiger partial charge on any atom is 0.214 e. The molecule has 0 spiro atoms. The lowest BCUT2D eigenvalue weighted by Gasteiger charge is -2.36. The molecule has 0 saturated carbocycles. The zero-order valence-corrected chi connectivity index (χ0v) is 12.9. The minimum Gasteiger partial charge on any atom is -0.317 e. The number of piperidine rings is 1. The van der Waals surface area contributed by atoms with Crippen molar-refractivity contribution in [2.75, 3.05) is 25.9 Å². The van der Waals surface area contributed by atoms with E-state index in [1.165, 1.54) is 0 Å². The average Bonchev–Trinajstić information content (AvgIpc) is 2.46. The SMILES string of the molecule is CNC1CCN(S(=O)(=O)CCc2ccccn2)CC1C. The number of aromatic nitrogens is 1. The maximum absolute atomic E-state index is 12.4. The molecule has 1 aliphatic heterocycles. The van der Waals surface area contributed by atoms with Crippen LogP contribution in [0.2, 0.25) is 0 Å². The number of sulfonamides is 1. The monoisotopic (exact) mass is 297 g/mol. The molecular weight excluding hydrogens is 274 g/mol. The predicted octanol–water partition coefficient (Wildman–Crippen LogP) is 0.884. The van der Waals surface area contributed by atoms with Crippen LogP contribution in [0.1, 0.15) is 19.0 Å². The van der Waals surface area contributed by atoms with Crippen molar-refractivity contribution >= 4 is 10.0 Å². The second-order valence-corrected chi connectivity index (χ2v) is 7.49. The second-order valence-electron chi connectivity index (χ2n) is 5.41. The Morgan fingerprint density at radius 1 is 1.45 bits per heavy atom. The van der Waals surface area contributed by atoms with Crippen molar-refractivity contribution in [1.82, 2.24) is 14.6 Å². The molecule has 5 nitrogen and oxygen atoms in total. The lowest BCUT2D eigenvalue weighted by Crippen LogP contribution is -2.49. The van der Waals surface area contributed by atoms with Crippen LogP contribution in [0, 0.1) is 5.92 Å². The number of rotatable bonds is 5. The summed E-state index contributed by atoms with van der Waals surface area (Å²) in [6.07, 6.45) is 3.05. The second kappa shape index (κ2) is 6.65. The smallest absolute Gasteiger partial charge is 0.214 e. The fourth-order valence-corrected chi connectivity index (χ4v) is 4.27. The predicted molar refractivity (Wildman–Crippen MR) is 79.9 cm³/mol. The van der Waals surface area contributed by atoms with Crippen molar-refractivity contribution in [2.24, 2.45) is 5.92 Å². The molecule has 1 aromatic rings. The highest BCUT2D eigenvalue weighted by Gasteiger charge is 2.31. The largest absolute Gasteiger partial charge is 0.317 e. The van der Waals surface area contributed by atoms with Crippen molar-refractivity contribution in [1.29, 1.82) is 0 Å². The van der Waals surface area contributed by atoms with E-state index in [4.69, 9.17) is 0 Å². The minimum absolute atomic E-state index is 0.140. The molecule has 1 fully saturated rings. The third-order valence-electron chi connectivity index (χ3n) is 3.97. The average molecular weight is 297 g/mol. The molecular formula is C14H23N3O2S. The Balaban J connectivity index is 1.94. The van der Waals surface area contributed by atoms with Gasteiger partial charge in [-0.25, -0.2) is 12.7 Å². The Morgan fingerprint density at radius 2 is 2.25 bits per heavy atom. The van der Waals surface area contributed by atoms with Gasteiger partial charge in [0.15, 0.2) is 0 Å². The normalized spacial score (nSPS) is 24.7. The number of pyridine rings is 1. The first-order valence-corrected chi connectivity index (χ1v) is 8.69. The Labute approximate surface area is 121 Å². The standard InChI is InChI=1S/C14H23N3O2S/c1-12-11-17(9-6-14(12)15-2)20(18,19)10-7-13-5-3-4-8-16-13/h3-5,8,12,14-15H,6-7,9-11H2,1-2H3. The molecule has 1 aromatic heterocycles. The van der Waals surface area contributed by atoms with Crippen LogP contribution in [0.15, 0.2) is 24.4 Å². The van der Waals surface area contributed by atoms with E-state index in [2.05, 4.69) is 17.2 Å². The minimum atomic E-state index is -3.18. The highest BCUT2D eigenvalue weighted by atomic mass is 32.2. The van der Waals surface area contributed by atoms with Crippen LogP contribution in [0.3, 0.4) is 0 Å². The van der Waals surface area contributed by atoms with Gasteiger partial charge in [0.1, 0.15) is 0 Å². The first-order valence-electron chi connectivity index (χ1n) is 7.08. The number of aryl methyl sites for hydroxylation is 1. The first-order chi connectivity index (χ1) is 9.53. The molecule has 0 amide bonds. The summed E-state index contributed by atoms with van der Waals surface area (Å²) < 4.78 is 26.4. The number of hydrogen-bond donors (Lipinski definition) is 1. The fourth-order valence-electron chi connectivity index (χ4n) is 2.70. The van der Waals surface area contributed by atoms with Crippen LogP contribution in [0.5, 0.6) is 0 Å². The van der Waals surface area contributed by atoms with Crippen LogP contribution in [-0.2, 0) is 16.4 Å². The van der Waals surface area contributed by atoms with Gasteiger partial charge in [0.2, 0.25) is 10.0 Å². The molecule has 2 unspecified atom stereocenters. The van der Waals surface area contributed by atoms with E-state index in [1.807, 2.05) is 25.2 Å². The van der Waals surface area contributed by atoms with Crippen molar-refractivity contribution in [3.63, 3.8) is 0 Å².